The molecule has 0 saturated carbocycles. The minimum absolute atomic E-state index is 0.198. The topological polar surface area (TPSA) is 37.8 Å². The maximum atomic E-state index is 13.1. The van der Waals surface area contributed by atoms with Crippen molar-refractivity contribution in [1.82, 2.24) is 9.97 Å². The van der Waals surface area contributed by atoms with Gasteiger partial charge in [-0.05, 0) is 23.9 Å². The number of aryl methyl sites for hydroxylation is 1. The number of thiophene rings is 1. The predicted octanol–water partition coefficient (Wildman–Crippen LogP) is 2.60. The highest BCUT2D eigenvalue weighted by Crippen LogP contribution is 2.15. The summed E-state index contributed by atoms with van der Waals surface area (Å²) in [4.78, 5) is 8.52. The molecule has 2 rings (SSSR count). The molecule has 2 aromatic heterocycles. The summed E-state index contributed by atoms with van der Waals surface area (Å²) in [6, 6.07) is 2.06. The zero-order chi connectivity index (χ0) is 10.7. The molecule has 0 amide bonds. The largest absolute Gasteiger partial charge is 0.361 e. The summed E-state index contributed by atoms with van der Waals surface area (Å²) in [6.45, 7) is 2.61. The van der Waals surface area contributed by atoms with E-state index in [1.165, 1.54) is 18.0 Å². The van der Waals surface area contributed by atoms with Crippen LogP contribution in [0.1, 0.15) is 10.4 Å². The highest BCUT2D eigenvalue weighted by molar-refractivity contribution is 7.10. The van der Waals surface area contributed by atoms with Crippen LogP contribution in [0.3, 0.4) is 0 Å². The molecular weight excluding hydrogens is 213 g/mol. The molecule has 0 aromatic carbocycles. The first-order valence-corrected chi connectivity index (χ1v) is 5.38. The van der Waals surface area contributed by atoms with Crippen molar-refractivity contribution in [2.45, 2.75) is 13.5 Å². The molecule has 0 saturated heterocycles. The molecule has 0 aliphatic rings. The van der Waals surface area contributed by atoms with Gasteiger partial charge in [0, 0.05) is 17.3 Å². The fraction of sp³-hybridized carbons (Fsp3) is 0.200. The summed E-state index contributed by atoms with van der Waals surface area (Å²) >= 11 is 1.64. The van der Waals surface area contributed by atoms with Gasteiger partial charge in [0.25, 0.3) is 5.95 Å². The standard InChI is InChI=1S/C10H10FN3S/c1-7-4-8(15-6-7)5-14-10-9(11)12-2-3-13-10/h2-4,6H,5H2,1H3,(H,13,14). The van der Waals surface area contributed by atoms with Gasteiger partial charge in [-0.15, -0.1) is 11.3 Å². The van der Waals surface area contributed by atoms with Gasteiger partial charge in [-0.1, -0.05) is 0 Å². The van der Waals surface area contributed by atoms with Gasteiger partial charge < -0.3 is 5.32 Å². The van der Waals surface area contributed by atoms with E-state index in [4.69, 9.17) is 0 Å². The predicted molar refractivity (Wildman–Crippen MR) is 58.4 cm³/mol. The maximum Gasteiger partial charge on any atom is 0.255 e. The number of hydrogen-bond donors (Lipinski definition) is 1. The van der Waals surface area contributed by atoms with E-state index in [0.717, 1.165) is 4.88 Å². The van der Waals surface area contributed by atoms with Crippen molar-refractivity contribution in [2.75, 3.05) is 5.32 Å². The van der Waals surface area contributed by atoms with E-state index in [9.17, 15) is 4.39 Å². The van der Waals surface area contributed by atoms with Crippen LogP contribution in [0.2, 0.25) is 0 Å². The number of nitrogens with one attached hydrogen (secondary N) is 1. The van der Waals surface area contributed by atoms with Gasteiger partial charge in [0.15, 0.2) is 5.82 Å². The Hall–Kier alpha value is -1.49. The first-order valence-electron chi connectivity index (χ1n) is 4.50. The third-order valence-electron chi connectivity index (χ3n) is 1.87. The summed E-state index contributed by atoms with van der Waals surface area (Å²) in [5, 5.41) is 4.96. The molecule has 0 aliphatic heterocycles. The van der Waals surface area contributed by atoms with E-state index >= 15 is 0 Å². The smallest absolute Gasteiger partial charge is 0.255 e. The molecule has 78 valence electrons. The van der Waals surface area contributed by atoms with E-state index in [1.54, 1.807) is 11.3 Å². The molecular formula is C10H10FN3S. The van der Waals surface area contributed by atoms with Crippen LogP contribution >= 0.6 is 11.3 Å². The van der Waals surface area contributed by atoms with E-state index in [-0.39, 0.29) is 5.82 Å². The Bertz CT molecular complexity index is 455. The lowest BCUT2D eigenvalue weighted by molar-refractivity contribution is 0.580. The molecule has 5 heteroatoms. The average molecular weight is 223 g/mol. The van der Waals surface area contributed by atoms with Gasteiger partial charge >= 0.3 is 0 Å². The van der Waals surface area contributed by atoms with Crippen LogP contribution in [-0.2, 0) is 6.54 Å². The number of nitrogens with zero attached hydrogens (tertiary/aromatic N) is 2. The van der Waals surface area contributed by atoms with Crippen LogP contribution < -0.4 is 5.32 Å². The third kappa shape index (κ3) is 2.50. The summed E-state index contributed by atoms with van der Waals surface area (Å²) < 4.78 is 13.1. The van der Waals surface area contributed by atoms with E-state index in [0.29, 0.717) is 6.54 Å². The lowest BCUT2D eigenvalue weighted by atomic mass is 10.3. The number of hydrogen-bond acceptors (Lipinski definition) is 4. The Morgan fingerprint density at radius 1 is 1.40 bits per heavy atom. The Balaban J connectivity index is 2.02. The number of rotatable bonds is 3. The molecule has 0 spiro atoms. The number of halogens is 1. The van der Waals surface area contributed by atoms with Gasteiger partial charge in [0.05, 0.1) is 6.54 Å². The molecule has 0 bridgehead atoms. The van der Waals surface area contributed by atoms with Crippen molar-refractivity contribution >= 4 is 17.2 Å². The van der Waals surface area contributed by atoms with Crippen LogP contribution in [0.4, 0.5) is 10.2 Å². The van der Waals surface area contributed by atoms with E-state index in [2.05, 4.69) is 26.7 Å². The summed E-state index contributed by atoms with van der Waals surface area (Å²) in [5.41, 5.74) is 1.22. The number of anilines is 1. The van der Waals surface area contributed by atoms with Crippen molar-refractivity contribution in [3.05, 3.63) is 40.2 Å². The summed E-state index contributed by atoms with van der Waals surface area (Å²) in [5.74, 6) is -0.366. The summed E-state index contributed by atoms with van der Waals surface area (Å²) in [7, 11) is 0. The fourth-order valence-electron chi connectivity index (χ4n) is 1.19. The van der Waals surface area contributed by atoms with Crippen LogP contribution in [0.25, 0.3) is 0 Å². The Morgan fingerprint density at radius 2 is 2.20 bits per heavy atom. The van der Waals surface area contributed by atoms with Crippen molar-refractivity contribution < 1.29 is 4.39 Å². The zero-order valence-electron chi connectivity index (χ0n) is 8.20. The molecule has 2 heterocycles. The molecule has 0 fully saturated rings. The monoisotopic (exact) mass is 223 g/mol. The molecule has 1 N–H and O–H groups in total. The molecule has 15 heavy (non-hydrogen) atoms. The van der Waals surface area contributed by atoms with Crippen molar-refractivity contribution in [2.24, 2.45) is 0 Å². The second-order valence-electron chi connectivity index (χ2n) is 3.14. The normalized spacial score (nSPS) is 10.3. The van der Waals surface area contributed by atoms with Gasteiger partial charge in [-0.3, -0.25) is 0 Å². The number of aromatic nitrogens is 2. The minimum Gasteiger partial charge on any atom is -0.361 e. The lowest BCUT2D eigenvalue weighted by Gasteiger charge is -2.02. The summed E-state index contributed by atoms with van der Waals surface area (Å²) in [6.07, 6.45) is 2.79. The first-order chi connectivity index (χ1) is 7.25. The van der Waals surface area contributed by atoms with Gasteiger partial charge in [0.2, 0.25) is 0 Å². The molecule has 3 nitrogen and oxygen atoms in total. The maximum absolute atomic E-state index is 13.1. The van der Waals surface area contributed by atoms with Crippen LogP contribution in [-0.4, -0.2) is 9.97 Å². The second-order valence-corrected chi connectivity index (χ2v) is 4.14. The van der Waals surface area contributed by atoms with Crippen molar-refractivity contribution in [3.8, 4) is 0 Å². The lowest BCUT2D eigenvalue weighted by Crippen LogP contribution is -2.03. The third-order valence-corrected chi connectivity index (χ3v) is 2.92. The molecule has 0 aliphatic carbocycles. The first kappa shape index (κ1) is 10.0. The Morgan fingerprint density at radius 3 is 2.87 bits per heavy atom. The minimum atomic E-state index is -0.564. The zero-order valence-corrected chi connectivity index (χ0v) is 9.01. The van der Waals surface area contributed by atoms with E-state index < -0.39 is 5.95 Å². The highest BCUT2D eigenvalue weighted by Gasteiger charge is 2.03. The molecule has 0 unspecified atom stereocenters. The van der Waals surface area contributed by atoms with Gasteiger partial charge in [-0.2, -0.15) is 4.39 Å². The van der Waals surface area contributed by atoms with Gasteiger partial charge in [0.1, 0.15) is 0 Å². The highest BCUT2D eigenvalue weighted by atomic mass is 32.1. The molecule has 0 radical (unpaired) electrons. The molecule has 2 aromatic rings. The van der Waals surface area contributed by atoms with Crippen molar-refractivity contribution in [1.29, 1.82) is 0 Å². The van der Waals surface area contributed by atoms with E-state index in [1.807, 2.05) is 6.92 Å². The Kier molecular flexibility index (Phi) is 2.91. The fourth-order valence-corrected chi connectivity index (χ4v) is 2.01. The van der Waals surface area contributed by atoms with Crippen LogP contribution in [0.5, 0.6) is 0 Å². The average Bonchev–Trinajstić information content (AvgIpc) is 2.63. The Labute approximate surface area is 91.0 Å². The second kappa shape index (κ2) is 4.35. The van der Waals surface area contributed by atoms with Crippen LogP contribution in [0.15, 0.2) is 23.8 Å². The quantitative estimate of drug-likeness (QED) is 0.869. The SMILES string of the molecule is Cc1csc(CNc2nccnc2F)c1. The van der Waals surface area contributed by atoms with Crippen LogP contribution in [0, 0.1) is 12.9 Å². The van der Waals surface area contributed by atoms with Crippen molar-refractivity contribution in [3.63, 3.8) is 0 Å². The molecule has 0 atom stereocenters. The van der Waals surface area contributed by atoms with Gasteiger partial charge in [-0.25, -0.2) is 9.97 Å².